The maximum Gasteiger partial charge on any atom is 0.240 e. The third kappa shape index (κ3) is 3.71. The Morgan fingerprint density at radius 2 is 1.67 bits per heavy atom. The lowest BCUT2D eigenvalue weighted by Crippen LogP contribution is -2.55. The predicted molar refractivity (Wildman–Crippen MR) is 74.2 cm³/mol. The zero-order chi connectivity index (χ0) is 12.8. The second-order valence-electron chi connectivity index (χ2n) is 6.27. The van der Waals surface area contributed by atoms with E-state index in [1.165, 1.54) is 38.5 Å². The number of nitrogens with two attached hydrogens (primary N) is 1. The molecule has 0 bridgehead atoms. The van der Waals surface area contributed by atoms with Gasteiger partial charge in [-0.3, -0.25) is 4.79 Å². The molecule has 0 aromatic carbocycles. The highest BCUT2D eigenvalue weighted by molar-refractivity contribution is 5.86. The van der Waals surface area contributed by atoms with Gasteiger partial charge in [0.15, 0.2) is 0 Å². The van der Waals surface area contributed by atoms with Gasteiger partial charge in [0, 0.05) is 6.54 Å². The normalized spacial score (nSPS) is 24.7. The van der Waals surface area contributed by atoms with E-state index < -0.39 is 5.54 Å². The summed E-state index contributed by atoms with van der Waals surface area (Å²) < 4.78 is 0. The standard InChI is InChI=1S/C15H28N2O/c16-15(10-5-2-6-11-15)14(18)17-12-9-13-7-3-1-4-8-13/h13H,1-12,16H2,(H,17,18). The van der Waals surface area contributed by atoms with Gasteiger partial charge in [0.05, 0.1) is 5.54 Å². The highest BCUT2D eigenvalue weighted by Gasteiger charge is 2.34. The van der Waals surface area contributed by atoms with E-state index in [9.17, 15) is 4.79 Å². The molecule has 1 amide bonds. The van der Waals surface area contributed by atoms with Crippen LogP contribution in [0.5, 0.6) is 0 Å². The minimum Gasteiger partial charge on any atom is -0.354 e. The van der Waals surface area contributed by atoms with E-state index in [2.05, 4.69) is 5.32 Å². The molecular formula is C15H28N2O. The van der Waals surface area contributed by atoms with Gasteiger partial charge in [0.1, 0.15) is 0 Å². The van der Waals surface area contributed by atoms with Gasteiger partial charge in [-0.25, -0.2) is 0 Å². The first-order valence-electron chi connectivity index (χ1n) is 7.78. The van der Waals surface area contributed by atoms with Gasteiger partial charge in [-0.05, 0) is 25.2 Å². The topological polar surface area (TPSA) is 55.1 Å². The van der Waals surface area contributed by atoms with Crippen LogP contribution in [-0.2, 0) is 4.79 Å². The lowest BCUT2D eigenvalue weighted by molar-refractivity contribution is -0.127. The van der Waals surface area contributed by atoms with Gasteiger partial charge >= 0.3 is 0 Å². The first kappa shape index (κ1) is 13.9. The Balaban J connectivity index is 1.67. The van der Waals surface area contributed by atoms with Gasteiger partial charge in [-0.2, -0.15) is 0 Å². The number of amides is 1. The first-order chi connectivity index (χ1) is 8.71. The van der Waals surface area contributed by atoms with Gasteiger partial charge in [0.2, 0.25) is 5.91 Å². The quantitative estimate of drug-likeness (QED) is 0.808. The smallest absolute Gasteiger partial charge is 0.240 e. The molecule has 18 heavy (non-hydrogen) atoms. The number of rotatable bonds is 4. The number of carbonyl (C=O) groups excluding carboxylic acids is 1. The summed E-state index contributed by atoms with van der Waals surface area (Å²) in [6.07, 6.45) is 13.2. The molecule has 2 aliphatic carbocycles. The van der Waals surface area contributed by atoms with Crippen molar-refractivity contribution < 1.29 is 4.79 Å². The average Bonchev–Trinajstić information content (AvgIpc) is 2.41. The van der Waals surface area contributed by atoms with Crippen LogP contribution in [0.4, 0.5) is 0 Å². The van der Waals surface area contributed by atoms with Crippen LogP contribution in [0.2, 0.25) is 0 Å². The fraction of sp³-hybridized carbons (Fsp3) is 0.933. The molecule has 0 aliphatic heterocycles. The summed E-state index contributed by atoms with van der Waals surface area (Å²) in [4.78, 5) is 12.1. The van der Waals surface area contributed by atoms with E-state index in [0.29, 0.717) is 0 Å². The van der Waals surface area contributed by atoms with Crippen molar-refractivity contribution in [3.05, 3.63) is 0 Å². The average molecular weight is 252 g/mol. The number of nitrogens with one attached hydrogen (secondary N) is 1. The highest BCUT2D eigenvalue weighted by atomic mass is 16.2. The van der Waals surface area contributed by atoms with Crippen LogP contribution in [0.3, 0.4) is 0 Å². The first-order valence-corrected chi connectivity index (χ1v) is 7.78. The van der Waals surface area contributed by atoms with Crippen LogP contribution < -0.4 is 11.1 Å². The highest BCUT2D eigenvalue weighted by Crippen LogP contribution is 2.27. The largest absolute Gasteiger partial charge is 0.354 e. The van der Waals surface area contributed by atoms with Crippen molar-refractivity contribution >= 4 is 5.91 Å². The Morgan fingerprint density at radius 1 is 1.06 bits per heavy atom. The minimum absolute atomic E-state index is 0.0954. The maximum atomic E-state index is 12.1. The second-order valence-corrected chi connectivity index (χ2v) is 6.27. The van der Waals surface area contributed by atoms with E-state index in [1.54, 1.807) is 0 Å². The van der Waals surface area contributed by atoms with Gasteiger partial charge in [-0.1, -0.05) is 51.4 Å². The van der Waals surface area contributed by atoms with Crippen molar-refractivity contribution in [3.63, 3.8) is 0 Å². The van der Waals surface area contributed by atoms with E-state index in [1.807, 2.05) is 0 Å². The summed E-state index contributed by atoms with van der Waals surface area (Å²) in [7, 11) is 0. The van der Waals surface area contributed by atoms with Crippen molar-refractivity contribution in [1.82, 2.24) is 5.32 Å². The lowest BCUT2D eigenvalue weighted by atomic mass is 9.81. The Hall–Kier alpha value is -0.570. The second kappa shape index (κ2) is 6.55. The van der Waals surface area contributed by atoms with Crippen molar-refractivity contribution in [2.24, 2.45) is 11.7 Å². The van der Waals surface area contributed by atoms with Crippen LogP contribution in [0.25, 0.3) is 0 Å². The zero-order valence-corrected chi connectivity index (χ0v) is 11.5. The number of carbonyl (C=O) groups is 1. The summed E-state index contributed by atoms with van der Waals surface area (Å²) in [5, 5.41) is 3.08. The third-order valence-electron chi connectivity index (χ3n) is 4.76. The molecule has 3 N–H and O–H groups in total. The van der Waals surface area contributed by atoms with Crippen LogP contribution in [0, 0.1) is 5.92 Å². The van der Waals surface area contributed by atoms with Crippen molar-refractivity contribution in [2.75, 3.05) is 6.54 Å². The third-order valence-corrected chi connectivity index (χ3v) is 4.76. The van der Waals surface area contributed by atoms with E-state index >= 15 is 0 Å². The number of hydrogen-bond acceptors (Lipinski definition) is 2. The van der Waals surface area contributed by atoms with Crippen LogP contribution >= 0.6 is 0 Å². The van der Waals surface area contributed by atoms with Gasteiger partial charge in [0.25, 0.3) is 0 Å². The monoisotopic (exact) mass is 252 g/mol. The SMILES string of the molecule is NC1(C(=O)NCCC2CCCCC2)CCCCC1. The summed E-state index contributed by atoms with van der Waals surface area (Å²) in [5.41, 5.74) is 5.65. The molecule has 0 heterocycles. The fourth-order valence-corrected chi connectivity index (χ4v) is 3.45. The molecular weight excluding hydrogens is 224 g/mol. The summed E-state index contributed by atoms with van der Waals surface area (Å²) in [6, 6.07) is 0. The molecule has 0 spiro atoms. The van der Waals surface area contributed by atoms with Crippen LogP contribution in [0.1, 0.15) is 70.6 Å². The molecule has 104 valence electrons. The molecule has 3 heteroatoms. The van der Waals surface area contributed by atoms with E-state index in [0.717, 1.165) is 44.6 Å². The molecule has 0 atom stereocenters. The molecule has 2 saturated carbocycles. The molecule has 2 fully saturated rings. The predicted octanol–water partition coefficient (Wildman–Crippen LogP) is 2.73. The maximum absolute atomic E-state index is 12.1. The summed E-state index contributed by atoms with van der Waals surface area (Å²) in [5.74, 6) is 0.928. The minimum atomic E-state index is -0.565. The molecule has 2 aliphatic rings. The lowest BCUT2D eigenvalue weighted by Gasteiger charge is -2.32. The Morgan fingerprint density at radius 3 is 2.33 bits per heavy atom. The Kier molecular flexibility index (Phi) is 5.04. The van der Waals surface area contributed by atoms with Crippen molar-refractivity contribution in [2.45, 2.75) is 76.2 Å². The molecule has 0 radical (unpaired) electrons. The van der Waals surface area contributed by atoms with Crippen molar-refractivity contribution in [3.8, 4) is 0 Å². The van der Waals surface area contributed by atoms with Crippen LogP contribution in [0.15, 0.2) is 0 Å². The van der Waals surface area contributed by atoms with Gasteiger partial charge in [-0.15, -0.1) is 0 Å². The zero-order valence-electron chi connectivity index (χ0n) is 11.5. The fourth-order valence-electron chi connectivity index (χ4n) is 3.45. The summed E-state index contributed by atoms with van der Waals surface area (Å²) >= 11 is 0. The van der Waals surface area contributed by atoms with Gasteiger partial charge < -0.3 is 11.1 Å². The molecule has 0 aromatic rings. The number of hydrogen-bond donors (Lipinski definition) is 2. The van der Waals surface area contributed by atoms with E-state index in [4.69, 9.17) is 5.73 Å². The molecule has 0 aromatic heterocycles. The Labute approximate surface area is 111 Å². The van der Waals surface area contributed by atoms with E-state index in [-0.39, 0.29) is 5.91 Å². The summed E-state index contributed by atoms with van der Waals surface area (Å²) in [6.45, 7) is 0.822. The Bertz CT molecular complexity index is 266. The molecule has 0 saturated heterocycles. The molecule has 3 nitrogen and oxygen atoms in total. The molecule has 0 unspecified atom stereocenters. The van der Waals surface area contributed by atoms with Crippen LogP contribution in [-0.4, -0.2) is 18.0 Å². The van der Waals surface area contributed by atoms with Crippen molar-refractivity contribution in [1.29, 1.82) is 0 Å². The molecule has 2 rings (SSSR count).